The summed E-state index contributed by atoms with van der Waals surface area (Å²) in [6, 6.07) is 10.9. The lowest BCUT2D eigenvalue weighted by Crippen LogP contribution is -2.41. The molecule has 29 heavy (non-hydrogen) atoms. The molecule has 156 valence electrons. The van der Waals surface area contributed by atoms with Gasteiger partial charge in [-0.25, -0.2) is 0 Å². The second kappa shape index (κ2) is 8.72. The van der Waals surface area contributed by atoms with Crippen LogP contribution < -0.4 is 5.32 Å². The van der Waals surface area contributed by atoms with Gasteiger partial charge in [-0.15, -0.1) is 0 Å². The largest absolute Gasteiger partial charge is 0.472 e. The summed E-state index contributed by atoms with van der Waals surface area (Å²) in [5.74, 6) is 0.520. The van der Waals surface area contributed by atoms with E-state index in [0.29, 0.717) is 18.9 Å². The number of piperidine rings is 1. The molecule has 4 rings (SSSR count). The Morgan fingerprint density at radius 3 is 2.76 bits per heavy atom. The minimum absolute atomic E-state index is 0.182. The molecular formula is C24H33N3O2. The molecule has 1 aliphatic carbocycles. The van der Waals surface area contributed by atoms with Gasteiger partial charge in [0, 0.05) is 31.6 Å². The summed E-state index contributed by atoms with van der Waals surface area (Å²) >= 11 is 0. The molecule has 1 aromatic carbocycles. The molecule has 1 unspecified atom stereocenters. The number of likely N-dealkylation sites (N-methyl/N-ethyl adjacent to an activating group) is 1. The molecule has 0 radical (unpaired) electrons. The summed E-state index contributed by atoms with van der Waals surface area (Å²) in [5.41, 5.74) is 4.38. The number of carbonyl (C=O) groups excluding carboxylic acids is 1. The topological polar surface area (TPSA) is 48.7 Å². The van der Waals surface area contributed by atoms with Crippen molar-refractivity contribution in [1.29, 1.82) is 0 Å². The van der Waals surface area contributed by atoms with Crippen molar-refractivity contribution in [2.24, 2.45) is 0 Å². The number of nitrogens with zero attached hydrogens (tertiary/aromatic N) is 2. The molecule has 2 aromatic rings. The Morgan fingerprint density at radius 2 is 2.03 bits per heavy atom. The van der Waals surface area contributed by atoms with E-state index in [9.17, 15) is 4.79 Å². The fourth-order valence-corrected chi connectivity index (χ4v) is 5.18. The first kappa shape index (κ1) is 20.2. The highest BCUT2D eigenvalue weighted by molar-refractivity contribution is 5.77. The minimum atomic E-state index is 0.182. The smallest absolute Gasteiger partial charge is 0.220 e. The van der Waals surface area contributed by atoms with Crippen molar-refractivity contribution in [2.45, 2.75) is 43.6 Å². The average Bonchev–Trinajstić information content (AvgIpc) is 3.31. The SMILES string of the molecule is CN(C)CCNC(=O)CC1CC2(CCN(Cc3ccoc3)CC2)c2ccccc21. The Hall–Kier alpha value is -2.11. The Labute approximate surface area is 174 Å². The number of hydrogen-bond acceptors (Lipinski definition) is 4. The number of likely N-dealkylation sites (tertiary alicyclic amines) is 1. The maximum absolute atomic E-state index is 12.5. The first-order chi connectivity index (χ1) is 14.1. The zero-order valence-electron chi connectivity index (χ0n) is 17.7. The van der Waals surface area contributed by atoms with E-state index >= 15 is 0 Å². The van der Waals surface area contributed by atoms with E-state index in [0.717, 1.165) is 32.6 Å². The molecule has 1 spiro atoms. The molecular weight excluding hydrogens is 362 g/mol. The van der Waals surface area contributed by atoms with Crippen LogP contribution >= 0.6 is 0 Å². The first-order valence-corrected chi connectivity index (χ1v) is 10.8. The van der Waals surface area contributed by atoms with E-state index < -0.39 is 0 Å². The molecule has 1 saturated heterocycles. The summed E-state index contributed by atoms with van der Waals surface area (Å²) in [5, 5.41) is 3.10. The molecule has 1 amide bonds. The van der Waals surface area contributed by atoms with Gasteiger partial charge in [-0.2, -0.15) is 0 Å². The van der Waals surface area contributed by atoms with Crippen molar-refractivity contribution in [3.8, 4) is 0 Å². The lowest BCUT2D eigenvalue weighted by molar-refractivity contribution is -0.121. The fourth-order valence-electron chi connectivity index (χ4n) is 5.18. The summed E-state index contributed by atoms with van der Waals surface area (Å²) in [6.45, 7) is 4.76. The van der Waals surface area contributed by atoms with E-state index in [-0.39, 0.29) is 11.3 Å². The van der Waals surface area contributed by atoms with Gasteiger partial charge >= 0.3 is 0 Å². The van der Waals surface area contributed by atoms with Crippen molar-refractivity contribution in [1.82, 2.24) is 15.1 Å². The maximum atomic E-state index is 12.5. The monoisotopic (exact) mass is 395 g/mol. The Bertz CT molecular complexity index is 807. The molecule has 2 aliphatic rings. The molecule has 1 fully saturated rings. The van der Waals surface area contributed by atoms with Crippen LogP contribution in [-0.4, -0.2) is 56.0 Å². The van der Waals surface area contributed by atoms with E-state index in [1.54, 1.807) is 6.26 Å². The Balaban J connectivity index is 1.40. The average molecular weight is 396 g/mol. The van der Waals surface area contributed by atoms with Crippen LogP contribution in [0.2, 0.25) is 0 Å². The Morgan fingerprint density at radius 1 is 1.24 bits per heavy atom. The van der Waals surface area contributed by atoms with Gasteiger partial charge < -0.3 is 14.6 Å². The van der Waals surface area contributed by atoms with Crippen LogP contribution in [0, 0.1) is 0 Å². The van der Waals surface area contributed by atoms with Crippen LogP contribution in [0.4, 0.5) is 0 Å². The molecule has 0 saturated carbocycles. The summed E-state index contributed by atoms with van der Waals surface area (Å²) in [6.07, 6.45) is 7.64. The summed E-state index contributed by atoms with van der Waals surface area (Å²) in [4.78, 5) is 17.2. The quantitative estimate of drug-likeness (QED) is 0.781. The summed E-state index contributed by atoms with van der Waals surface area (Å²) < 4.78 is 5.22. The molecule has 5 heteroatoms. The number of hydrogen-bond donors (Lipinski definition) is 1. The van der Waals surface area contributed by atoms with Crippen LogP contribution in [0.3, 0.4) is 0 Å². The van der Waals surface area contributed by atoms with Gasteiger partial charge in [0.2, 0.25) is 5.91 Å². The van der Waals surface area contributed by atoms with Crippen LogP contribution in [0.25, 0.3) is 0 Å². The van der Waals surface area contributed by atoms with Crippen molar-refractivity contribution in [3.63, 3.8) is 0 Å². The highest BCUT2D eigenvalue weighted by Gasteiger charge is 2.45. The predicted molar refractivity (Wildman–Crippen MR) is 115 cm³/mol. The number of carbonyl (C=O) groups is 1. The van der Waals surface area contributed by atoms with Gasteiger partial charge in [0.25, 0.3) is 0 Å². The maximum Gasteiger partial charge on any atom is 0.220 e. The van der Waals surface area contributed by atoms with E-state index in [4.69, 9.17) is 4.42 Å². The fraction of sp³-hybridized carbons (Fsp3) is 0.542. The van der Waals surface area contributed by atoms with E-state index in [1.165, 1.54) is 29.5 Å². The number of benzene rings is 1. The van der Waals surface area contributed by atoms with E-state index in [1.807, 2.05) is 20.4 Å². The molecule has 2 heterocycles. The van der Waals surface area contributed by atoms with Crippen LogP contribution in [0.15, 0.2) is 47.3 Å². The van der Waals surface area contributed by atoms with Crippen molar-refractivity contribution in [2.75, 3.05) is 40.3 Å². The highest BCUT2D eigenvalue weighted by Crippen LogP contribution is 2.52. The normalized spacial score (nSPS) is 20.9. The zero-order valence-corrected chi connectivity index (χ0v) is 17.7. The van der Waals surface area contributed by atoms with Gasteiger partial charge in [-0.1, -0.05) is 24.3 Å². The third-order valence-corrected chi connectivity index (χ3v) is 6.72. The third-order valence-electron chi connectivity index (χ3n) is 6.72. The highest BCUT2D eigenvalue weighted by atomic mass is 16.3. The van der Waals surface area contributed by atoms with Crippen molar-refractivity contribution >= 4 is 5.91 Å². The van der Waals surface area contributed by atoms with E-state index in [2.05, 4.69) is 45.4 Å². The van der Waals surface area contributed by atoms with Crippen molar-refractivity contribution in [3.05, 3.63) is 59.5 Å². The second-order valence-corrected chi connectivity index (χ2v) is 9.03. The molecule has 5 nitrogen and oxygen atoms in total. The number of furan rings is 1. The lowest BCUT2D eigenvalue weighted by atomic mass is 9.73. The molecule has 1 atom stereocenters. The van der Waals surface area contributed by atoms with Gasteiger partial charge in [-0.05, 0) is 75.0 Å². The molecule has 0 bridgehead atoms. The minimum Gasteiger partial charge on any atom is -0.472 e. The molecule has 1 N–H and O–H groups in total. The predicted octanol–water partition coefficient (Wildman–Crippen LogP) is 3.37. The van der Waals surface area contributed by atoms with Gasteiger partial charge in [0.05, 0.1) is 12.5 Å². The number of nitrogens with one attached hydrogen (secondary N) is 1. The van der Waals surface area contributed by atoms with Gasteiger partial charge in [0.15, 0.2) is 0 Å². The number of rotatable bonds is 7. The number of fused-ring (bicyclic) bond motifs is 2. The summed E-state index contributed by atoms with van der Waals surface area (Å²) in [7, 11) is 4.06. The zero-order chi connectivity index (χ0) is 20.3. The Kier molecular flexibility index (Phi) is 6.07. The van der Waals surface area contributed by atoms with Gasteiger partial charge in [0.1, 0.15) is 0 Å². The molecule has 1 aromatic heterocycles. The first-order valence-electron chi connectivity index (χ1n) is 10.8. The van der Waals surface area contributed by atoms with Crippen molar-refractivity contribution < 1.29 is 9.21 Å². The molecule has 1 aliphatic heterocycles. The van der Waals surface area contributed by atoms with Crippen LogP contribution in [-0.2, 0) is 16.8 Å². The number of amides is 1. The lowest BCUT2D eigenvalue weighted by Gasteiger charge is -2.40. The standard InChI is InChI=1S/C24H33N3O2/c1-26(2)13-10-25-23(28)15-20-16-24(22-6-4-3-5-21(20)22)8-11-27(12-9-24)17-19-7-14-29-18-19/h3-7,14,18,20H,8-13,15-17H2,1-2H3,(H,25,28). The van der Waals surface area contributed by atoms with Crippen LogP contribution in [0.5, 0.6) is 0 Å². The van der Waals surface area contributed by atoms with Crippen LogP contribution in [0.1, 0.15) is 48.3 Å². The third kappa shape index (κ3) is 4.57. The second-order valence-electron chi connectivity index (χ2n) is 9.03. The van der Waals surface area contributed by atoms with Gasteiger partial charge in [-0.3, -0.25) is 9.69 Å².